The van der Waals surface area contributed by atoms with Crippen LogP contribution in [0.25, 0.3) is 0 Å². The molecular formula is C17H16ClNO. The van der Waals surface area contributed by atoms with E-state index in [1.54, 1.807) is 12.1 Å². The van der Waals surface area contributed by atoms with Gasteiger partial charge in [0, 0.05) is 10.7 Å². The number of halogens is 1. The zero-order valence-electron chi connectivity index (χ0n) is 11.1. The first-order valence-electron chi connectivity index (χ1n) is 6.88. The lowest BCUT2D eigenvalue weighted by Gasteiger charge is -2.24. The summed E-state index contributed by atoms with van der Waals surface area (Å²) >= 11 is 5.94. The summed E-state index contributed by atoms with van der Waals surface area (Å²) in [6.07, 6.45) is 3.03. The van der Waals surface area contributed by atoms with Crippen LogP contribution >= 0.6 is 11.6 Å². The number of amides is 1. The van der Waals surface area contributed by atoms with Crippen LogP contribution in [0.1, 0.15) is 29.9 Å². The van der Waals surface area contributed by atoms with Crippen molar-refractivity contribution < 1.29 is 4.79 Å². The average Bonchev–Trinajstić information content (AvgIpc) is 2.46. The van der Waals surface area contributed by atoms with Gasteiger partial charge in [0.15, 0.2) is 0 Å². The summed E-state index contributed by atoms with van der Waals surface area (Å²) in [4.78, 5) is 12.5. The first kappa shape index (κ1) is 13.2. The molecule has 1 atom stereocenters. The van der Waals surface area contributed by atoms with E-state index in [2.05, 4.69) is 17.4 Å². The number of carbonyl (C=O) groups is 1. The molecule has 1 unspecified atom stereocenters. The molecule has 1 aliphatic carbocycles. The van der Waals surface area contributed by atoms with Crippen molar-refractivity contribution in [2.45, 2.75) is 25.2 Å². The molecule has 2 nitrogen and oxygen atoms in total. The highest BCUT2D eigenvalue weighted by atomic mass is 35.5. The molecule has 0 bridgehead atoms. The molecule has 0 heterocycles. The molecule has 1 N–H and O–H groups in total. The molecule has 1 amide bonds. The van der Waals surface area contributed by atoms with E-state index < -0.39 is 0 Å². The molecule has 0 aromatic heterocycles. The lowest BCUT2D eigenvalue weighted by atomic mass is 9.82. The summed E-state index contributed by atoms with van der Waals surface area (Å²) in [5.41, 5.74) is 3.22. The van der Waals surface area contributed by atoms with Crippen molar-refractivity contribution in [1.82, 2.24) is 0 Å². The Bertz CT molecular complexity index is 638. The molecule has 0 spiro atoms. The van der Waals surface area contributed by atoms with E-state index in [-0.39, 0.29) is 11.8 Å². The minimum atomic E-state index is -0.0565. The standard InChI is InChI=1S/C17H16ClNO/c18-13-7-4-8-14(11-13)19-17(20)16-10-3-6-12-5-1-2-9-15(12)16/h1-2,4-5,7-9,11,16H,3,6,10H2,(H,19,20). The van der Waals surface area contributed by atoms with Gasteiger partial charge in [-0.25, -0.2) is 0 Å². The van der Waals surface area contributed by atoms with Gasteiger partial charge >= 0.3 is 0 Å². The smallest absolute Gasteiger partial charge is 0.231 e. The Morgan fingerprint density at radius 1 is 1.15 bits per heavy atom. The van der Waals surface area contributed by atoms with E-state index in [9.17, 15) is 4.79 Å². The van der Waals surface area contributed by atoms with Crippen molar-refractivity contribution in [1.29, 1.82) is 0 Å². The monoisotopic (exact) mass is 285 g/mol. The normalized spacial score (nSPS) is 17.4. The van der Waals surface area contributed by atoms with Crippen molar-refractivity contribution in [2.75, 3.05) is 5.32 Å². The number of nitrogens with one attached hydrogen (secondary N) is 1. The number of benzene rings is 2. The van der Waals surface area contributed by atoms with Gasteiger partial charge in [0.25, 0.3) is 0 Å². The van der Waals surface area contributed by atoms with Crippen molar-refractivity contribution in [3.63, 3.8) is 0 Å². The molecule has 2 aromatic carbocycles. The van der Waals surface area contributed by atoms with Crippen LogP contribution in [0.2, 0.25) is 5.02 Å². The van der Waals surface area contributed by atoms with E-state index in [4.69, 9.17) is 11.6 Å². The topological polar surface area (TPSA) is 29.1 Å². The van der Waals surface area contributed by atoms with Crippen LogP contribution in [0.3, 0.4) is 0 Å². The molecule has 0 saturated carbocycles. The van der Waals surface area contributed by atoms with Crippen LogP contribution in [0.15, 0.2) is 48.5 Å². The molecule has 0 saturated heterocycles. The van der Waals surface area contributed by atoms with E-state index in [0.29, 0.717) is 5.02 Å². The van der Waals surface area contributed by atoms with Crippen molar-refractivity contribution >= 4 is 23.2 Å². The summed E-state index contributed by atoms with van der Waals surface area (Å²) in [5.74, 6) is -0.00153. The van der Waals surface area contributed by atoms with Gasteiger partial charge in [-0.2, -0.15) is 0 Å². The maximum Gasteiger partial charge on any atom is 0.231 e. The van der Waals surface area contributed by atoms with E-state index in [1.165, 1.54) is 11.1 Å². The number of anilines is 1. The Balaban J connectivity index is 1.82. The van der Waals surface area contributed by atoms with Crippen LogP contribution in [0, 0.1) is 0 Å². The number of hydrogen-bond donors (Lipinski definition) is 1. The van der Waals surface area contributed by atoms with Gasteiger partial charge in [-0.15, -0.1) is 0 Å². The lowest BCUT2D eigenvalue weighted by molar-refractivity contribution is -0.117. The lowest BCUT2D eigenvalue weighted by Crippen LogP contribution is -2.24. The predicted molar refractivity (Wildman–Crippen MR) is 82.2 cm³/mol. The number of rotatable bonds is 2. The van der Waals surface area contributed by atoms with Crippen LogP contribution in [-0.2, 0) is 11.2 Å². The highest BCUT2D eigenvalue weighted by molar-refractivity contribution is 6.30. The molecule has 2 aromatic rings. The largest absolute Gasteiger partial charge is 0.326 e. The van der Waals surface area contributed by atoms with Crippen LogP contribution < -0.4 is 5.32 Å². The van der Waals surface area contributed by atoms with Gasteiger partial charge in [0.2, 0.25) is 5.91 Å². The fraction of sp³-hybridized carbons (Fsp3) is 0.235. The summed E-state index contributed by atoms with van der Waals surface area (Å²) < 4.78 is 0. The van der Waals surface area contributed by atoms with Crippen LogP contribution in [-0.4, -0.2) is 5.91 Å². The third-order valence-electron chi connectivity index (χ3n) is 3.78. The maximum absolute atomic E-state index is 12.5. The van der Waals surface area contributed by atoms with E-state index >= 15 is 0 Å². The summed E-state index contributed by atoms with van der Waals surface area (Å²) in [6, 6.07) is 15.5. The zero-order chi connectivity index (χ0) is 13.9. The molecule has 0 aliphatic heterocycles. The van der Waals surface area contributed by atoms with Crippen LogP contribution in [0.4, 0.5) is 5.69 Å². The summed E-state index contributed by atoms with van der Waals surface area (Å²) in [6.45, 7) is 0. The second-order valence-electron chi connectivity index (χ2n) is 5.14. The number of carbonyl (C=O) groups excluding carboxylic acids is 1. The van der Waals surface area contributed by atoms with Crippen molar-refractivity contribution in [3.8, 4) is 0 Å². The fourth-order valence-electron chi connectivity index (χ4n) is 2.82. The zero-order valence-corrected chi connectivity index (χ0v) is 11.9. The Labute approximate surface area is 123 Å². The van der Waals surface area contributed by atoms with Gasteiger partial charge in [-0.1, -0.05) is 41.9 Å². The SMILES string of the molecule is O=C(Nc1cccc(Cl)c1)C1CCCc2ccccc21. The predicted octanol–water partition coefficient (Wildman–Crippen LogP) is 4.40. The number of fused-ring (bicyclic) bond motifs is 1. The summed E-state index contributed by atoms with van der Waals surface area (Å²) in [5, 5.41) is 3.60. The minimum Gasteiger partial charge on any atom is -0.326 e. The molecule has 0 radical (unpaired) electrons. The first-order chi connectivity index (χ1) is 9.74. The number of hydrogen-bond acceptors (Lipinski definition) is 1. The van der Waals surface area contributed by atoms with Crippen molar-refractivity contribution in [2.24, 2.45) is 0 Å². The quantitative estimate of drug-likeness (QED) is 0.871. The highest BCUT2D eigenvalue weighted by Crippen LogP contribution is 2.32. The van der Waals surface area contributed by atoms with Gasteiger partial charge in [0.05, 0.1) is 5.92 Å². The second kappa shape index (κ2) is 5.68. The Morgan fingerprint density at radius 2 is 2.00 bits per heavy atom. The molecular weight excluding hydrogens is 270 g/mol. The fourth-order valence-corrected chi connectivity index (χ4v) is 3.01. The molecule has 1 aliphatic rings. The third kappa shape index (κ3) is 2.70. The maximum atomic E-state index is 12.5. The second-order valence-corrected chi connectivity index (χ2v) is 5.58. The van der Waals surface area contributed by atoms with Gasteiger partial charge in [-0.3, -0.25) is 4.79 Å². The molecule has 0 fully saturated rings. The summed E-state index contributed by atoms with van der Waals surface area (Å²) in [7, 11) is 0. The molecule has 3 heteroatoms. The highest BCUT2D eigenvalue weighted by Gasteiger charge is 2.26. The molecule has 3 rings (SSSR count). The van der Waals surface area contributed by atoms with Gasteiger partial charge in [0.1, 0.15) is 0 Å². The first-order valence-corrected chi connectivity index (χ1v) is 7.26. The Kier molecular flexibility index (Phi) is 3.75. The van der Waals surface area contributed by atoms with Crippen molar-refractivity contribution in [3.05, 3.63) is 64.7 Å². The van der Waals surface area contributed by atoms with E-state index in [1.807, 2.05) is 24.3 Å². The van der Waals surface area contributed by atoms with Gasteiger partial charge < -0.3 is 5.32 Å². The minimum absolute atomic E-state index is 0.0550. The average molecular weight is 286 g/mol. The van der Waals surface area contributed by atoms with E-state index in [0.717, 1.165) is 24.9 Å². The Hall–Kier alpha value is -1.80. The molecule has 20 heavy (non-hydrogen) atoms. The Morgan fingerprint density at radius 3 is 2.85 bits per heavy atom. The molecule has 102 valence electrons. The number of aryl methyl sites for hydroxylation is 1. The third-order valence-corrected chi connectivity index (χ3v) is 4.01. The van der Waals surface area contributed by atoms with Gasteiger partial charge in [-0.05, 0) is 48.6 Å². The van der Waals surface area contributed by atoms with Crippen LogP contribution in [0.5, 0.6) is 0 Å².